The number of fused-ring (bicyclic) bond motifs is 4. The summed E-state index contributed by atoms with van der Waals surface area (Å²) in [5.41, 5.74) is 1.03. The highest BCUT2D eigenvalue weighted by atomic mass is 32.2. The van der Waals surface area contributed by atoms with Crippen molar-refractivity contribution in [2.75, 3.05) is 26.2 Å². The maximum absolute atomic E-state index is 13.3. The van der Waals surface area contributed by atoms with E-state index in [0.717, 1.165) is 24.2 Å². The fourth-order valence-electron chi connectivity index (χ4n) is 5.43. The molecule has 2 bridgehead atoms. The lowest BCUT2D eigenvalue weighted by molar-refractivity contribution is -0.139. The second-order valence-corrected chi connectivity index (χ2v) is 11.0. The maximum atomic E-state index is 13.3. The molecule has 2 atom stereocenters. The number of nitrogens with zero attached hydrogens (tertiary/aromatic N) is 3. The van der Waals surface area contributed by atoms with Gasteiger partial charge in [-0.25, -0.2) is 12.8 Å². The molecule has 0 spiro atoms. The molecule has 2 fully saturated rings. The Balaban J connectivity index is 1.25. The summed E-state index contributed by atoms with van der Waals surface area (Å²) in [6, 6.07) is 10.2. The quantitative estimate of drug-likeness (QED) is 0.704. The zero-order chi connectivity index (χ0) is 22.5. The number of likely N-dealkylation sites (tertiary alicyclic amines) is 1. The van der Waals surface area contributed by atoms with Crippen molar-refractivity contribution < 1.29 is 17.6 Å². The molecule has 0 radical (unpaired) electrons. The van der Waals surface area contributed by atoms with Gasteiger partial charge in [-0.2, -0.15) is 4.31 Å². The number of halogens is 1. The third-order valence-electron chi connectivity index (χ3n) is 7.05. The van der Waals surface area contributed by atoms with Gasteiger partial charge in [0, 0.05) is 56.3 Å². The molecule has 0 saturated carbocycles. The molecule has 0 aliphatic carbocycles. The fraction of sp³-hybridized carbons (Fsp3) is 0.478. The molecular weight excluding hydrogens is 433 g/mol. The summed E-state index contributed by atoms with van der Waals surface area (Å²) >= 11 is 0. The minimum absolute atomic E-state index is 0.0201. The van der Waals surface area contributed by atoms with Gasteiger partial charge in [-0.05, 0) is 55.5 Å². The molecule has 0 N–H and O–H groups in total. The van der Waals surface area contributed by atoms with Gasteiger partial charge >= 0.3 is 0 Å². The second-order valence-electron chi connectivity index (χ2n) is 9.07. The average Bonchev–Trinajstić information content (AvgIpc) is 2.79. The number of carbonyl (C=O) groups is 1. The van der Waals surface area contributed by atoms with Crippen molar-refractivity contribution in [3.8, 4) is 0 Å². The highest BCUT2D eigenvalue weighted by Crippen LogP contribution is 2.36. The topological polar surface area (TPSA) is 79.7 Å². The summed E-state index contributed by atoms with van der Waals surface area (Å²) in [5.74, 6) is -0.160. The van der Waals surface area contributed by atoms with Crippen molar-refractivity contribution in [3.05, 3.63) is 64.3 Å². The van der Waals surface area contributed by atoms with Crippen molar-refractivity contribution in [2.45, 2.75) is 36.6 Å². The van der Waals surface area contributed by atoms with Crippen LogP contribution in [-0.2, 0) is 21.4 Å². The lowest BCUT2D eigenvalue weighted by atomic mass is 9.82. The summed E-state index contributed by atoms with van der Waals surface area (Å²) in [6.07, 6.45) is 1.93. The Hall–Kier alpha value is -2.52. The molecule has 1 amide bonds. The number of hydrogen-bond acceptors (Lipinski definition) is 4. The first-order valence-electron chi connectivity index (χ1n) is 11.1. The largest absolute Gasteiger partial charge is 0.341 e. The van der Waals surface area contributed by atoms with Crippen LogP contribution in [0.1, 0.15) is 30.9 Å². The van der Waals surface area contributed by atoms with Crippen LogP contribution in [0.3, 0.4) is 0 Å². The Labute approximate surface area is 186 Å². The maximum Gasteiger partial charge on any atom is 0.250 e. The summed E-state index contributed by atoms with van der Waals surface area (Å²) in [5, 5.41) is 0. The molecule has 3 aliphatic rings. The predicted molar refractivity (Wildman–Crippen MR) is 116 cm³/mol. The first kappa shape index (κ1) is 21.3. The van der Waals surface area contributed by atoms with Gasteiger partial charge < -0.3 is 9.47 Å². The summed E-state index contributed by atoms with van der Waals surface area (Å²) in [6.45, 7) is 2.44. The standard InChI is InChI=1S/C23H26FN3O4S/c24-19-4-6-20(7-5-19)32(30,31)26-10-8-17(9-11-26)23(29)25-13-16-12-18(15-25)21-2-1-3-22(28)27(21)14-16/h1-7,16-18H,8-15H2/t16-,18-/m0/s1. The molecule has 2 saturated heterocycles. The number of pyridine rings is 1. The van der Waals surface area contributed by atoms with E-state index in [4.69, 9.17) is 0 Å². The molecule has 170 valence electrons. The van der Waals surface area contributed by atoms with Gasteiger partial charge in [0.1, 0.15) is 5.82 Å². The van der Waals surface area contributed by atoms with Crippen LogP contribution >= 0.6 is 0 Å². The van der Waals surface area contributed by atoms with Crippen LogP contribution in [0.15, 0.2) is 52.2 Å². The molecule has 3 aliphatic heterocycles. The van der Waals surface area contributed by atoms with Crippen LogP contribution in [0.5, 0.6) is 0 Å². The van der Waals surface area contributed by atoms with Crippen molar-refractivity contribution in [1.29, 1.82) is 0 Å². The highest BCUT2D eigenvalue weighted by Gasteiger charge is 2.39. The fourth-order valence-corrected chi connectivity index (χ4v) is 6.90. The lowest BCUT2D eigenvalue weighted by Crippen LogP contribution is -2.52. The smallest absolute Gasteiger partial charge is 0.250 e. The third-order valence-corrected chi connectivity index (χ3v) is 8.96. The van der Waals surface area contributed by atoms with E-state index in [1.807, 2.05) is 15.5 Å². The zero-order valence-corrected chi connectivity index (χ0v) is 18.5. The van der Waals surface area contributed by atoms with E-state index < -0.39 is 15.8 Å². The van der Waals surface area contributed by atoms with E-state index in [1.165, 1.54) is 16.4 Å². The normalized spacial score (nSPS) is 24.2. The van der Waals surface area contributed by atoms with E-state index in [-0.39, 0.29) is 47.2 Å². The van der Waals surface area contributed by atoms with E-state index >= 15 is 0 Å². The van der Waals surface area contributed by atoms with Crippen molar-refractivity contribution in [3.63, 3.8) is 0 Å². The van der Waals surface area contributed by atoms with Crippen molar-refractivity contribution in [2.24, 2.45) is 11.8 Å². The van der Waals surface area contributed by atoms with Gasteiger partial charge in [0.25, 0.3) is 5.56 Å². The van der Waals surface area contributed by atoms with Crippen LogP contribution < -0.4 is 5.56 Å². The predicted octanol–water partition coefficient (Wildman–Crippen LogP) is 2.03. The van der Waals surface area contributed by atoms with Crippen LogP contribution in [0.4, 0.5) is 4.39 Å². The molecule has 4 heterocycles. The van der Waals surface area contributed by atoms with Gasteiger partial charge in [-0.15, -0.1) is 0 Å². The zero-order valence-electron chi connectivity index (χ0n) is 17.7. The first-order chi connectivity index (χ1) is 15.3. The minimum atomic E-state index is -3.69. The molecule has 9 heteroatoms. The van der Waals surface area contributed by atoms with E-state index in [2.05, 4.69) is 0 Å². The Bertz CT molecular complexity index is 1190. The number of hydrogen-bond donors (Lipinski definition) is 0. The van der Waals surface area contributed by atoms with Crippen molar-refractivity contribution >= 4 is 15.9 Å². The van der Waals surface area contributed by atoms with Crippen LogP contribution in [0, 0.1) is 17.7 Å². The summed E-state index contributed by atoms with van der Waals surface area (Å²) < 4.78 is 42.1. The number of benzene rings is 1. The monoisotopic (exact) mass is 459 g/mol. The average molecular weight is 460 g/mol. The van der Waals surface area contributed by atoms with Gasteiger partial charge in [0.2, 0.25) is 15.9 Å². The Morgan fingerprint density at radius 3 is 2.41 bits per heavy atom. The van der Waals surface area contributed by atoms with Crippen LogP contribution in [0.25, 0.3) is 0 Å². The highest BCUT2D eigenvalue weighted by molar-refractivity contribution is 7.89. The molecule has 1 aromatic heterocycles. The molecule has 5 rings (SSSR count). The number of rotatable bonds is 3. The van der Waals surface area contributed by atoms with E-state index in [1.54, 1.807) is 12.1 Å². The number of sulfonamides is 1. The van der Waals surface area contributed by atoms with Gasteiger partial charge in [-0.3, -0.25) is 9.59 Å². The Morgan fingerprint density at radius 2 is 1.69 bits per heavy atom. The number of piperidine rings is 2. The summed E-state index contributed by atoms with van der Waals surface area (Å²) in [7, 11) is -3.69. The molecule has 7 nitrogen and oxygen atoms in total. The van der Waals surface area contributed by atoms with Gasteiger partial charge in [-0.1, -0.05) is 6.07 Å². The lowest BCUT2D eigenvalue weighted by Gasteiger charge is -2.44. The number of aromatic nitrogens is 1. The van der Waals surface area contributed by atoms with E-state index in [9.17, 15) is 22.4 Å². The minimum Gasteiger partial charge on any atom is -0.341 e. The number of amides is 1. The Morgan fingerprint density at radius 1 is 0.969 bits per heavy atom. The van der Waals surface area contributed by atoms with Crippen LogP contribution in [-0.4, -0.2) is 54.3 Å². The summed E-state index contributed by atoms with van der Waals surface area (Å²) in [4.78, 5) is 27.5. The number of carbonyl (C=O) groups excluding carboxylic acids is 1. The van der Waals surface area contributed by atoms with Crippen LogP contribution in [0.2, 0.25) is 0 Å². The third kappa shape index (κ3) is 3.77. The molecule has 32 heavy (non-hydrogen) atoms. The van der Waals surface area contributed by atoms with E-state index in [0.29, 0.717) is 32.5 Å². The molecule has 2 aromatic rings. The molecular formula is C23H26FN3O4S. The molecule has 0 unspecified atom stereocenters. The Kier molecular flexibility index (Phi) is 5.41. The second kappa shape index (κ2) is 8.12. The van der Waals surface area contributed by atoms with Gasteiger partial charge in [0.15, 0.2) is 0 Å². The van der Waals surface area contributed by atoms with Gasteiger partial charge in [0.05, 0.1) is 4.90 Å². The first-order valence-corrected chi connectivity index (χ1v) is 12.5. The molecule has 1 aromatic carbocycles. The SMILES string of the molecule is O=C(C1CCN(S(=O)(=O)c2ccc(F)cc2)CC1)N1C[C@@H]2C[C@@H](C1)c1cccc(=O)n1C2. The van der Waals surface area contributed by atoms with Crippen molar-refractivity contribution in [1.82, 2.24) is 13.8 Å².